The molecule has 0 spiro atoms. The molecule has 2 aromatic rings. The first-order valence-corrected chi connectivity index (χ1v) is 6.88. The molecule has 0 atom stereocenters. The Morgan fingerprint density at radius 3 is 2.30 bits per heavy atom. The van der Waals surface area contributed by atoms with Crippen molar-refractivity contribution in [2.24, 2.45) is 5.73 Å². The normalized spacial score (nSPS) is 10.3. The number of primary amides is 1. The fourth-order valence-corrected chi connectivity index (χ4v) is 2.46. The summed E-state index contributed by atoms with van der Waals surface area (Å²) in [4.78, 5) is 11.2. The smallest absolute Gasteiger partial charge is 0.250 e. The molecular weight excluding hydrogens is 319 g/mol. The standard InChI is InChI=1S/C14H11Cl3N2O/c15-11-2-1-3-12(16)10(11)7-19-8-4-5-13(17)9(6-8)14(18)20/h1-6,19H,7H2,(H2,18,20). The molecule has 0 fully saturated rings. The van der Waals surface area contributed by atoms with Crippen molar-refractivity contribution in [3.63, 3.8) is 0 Å². The van der Waals surface area contributed by atoms with Crippen LogP contribution in [-0.4, -0.2) is 5.91 Å². The first kappa shape index (κ1) is 15.0. The molecule has 0 saturated carbocycles. The first-order chi connectivity index (χ1) is 9.49. The molecule has 2 aromatic carbocycles. The zero-order chi connectivity index (χ0) is 14.7. The summed E-state index contributed by atoms with van der Waals surface area (Å²) in [5, 5.41) is 4.60. The lowest BCUT2D eigenvalue weighted by atomic mass is 10.1. The molecule has 3 nitrogen and oxygen atoms in total. The highest BCUT2D eigenvalue weighted by atomic mass is 35.5. The molecule has 0 radical (unpaired) electrons. The van der Waals surface area contributed by atoms with E-state index in [0.29, 0.717) is 27.3 Å². The maximum absolute atomic E-state index is 11.2. The van der Waals surface area contributed by atoms with Crippen molar-refractivity contribution in [2.45, 2.75) is 6.54 Å². The van der Waals surface area contributed by atoms with Crippen molar-refractivity contribution in [3.8, 4) is 0 Å². The molecule has 104 valence electrons. The van der Waals surface area contributed by atoms with E-state index in [9.17, 15) is 4.79 Å². The fourth-order valence-electron chi connectivity index (χ4n) is 1.72. The zero-order valence-electron chi connectivity index (χ0n) is 10.3. The number of halogens is 3. The van der Waals surface area contributed by atoms with Crippen LogP contribution in [0.4, 0.5) is 5.69 Å². The van der Waals surface area contributed by atoms with Crippen LogP contribution in [0.5, 0.6) is 0 Å². The van der Waals surface area contributed by atoms with E-state index in [2.05, 4.69) is 5.32 Å². The molecule has 0 aliphatic rings. The van der Waals surface area contributed by atoms with E-state index in [0.717, 1.165) is 5.56 Å². The van der Waals surface area contributed by atoms with Crippen molar-refractivity contribution >= 4 is 46.4 Å². The van der Waals surface area contributed by atoms with Crippen LogP contribution in [0.1, 0.15) is 15.9 Å². The van der Waals surface area contributed by atoms with Gasteiger partial charge in [-0.05, 0) is 30.3 Å². The van der Waals surface area contributed by atoms with Gasteiger partial charge in [-0.1, -0.05) is 40.9 Å². The van der Waals surface area contributed by atoms with E-state index in [1.165, 1.54) is 0 Å². The Morgan fingerprint density at radius 1 is 1.05 bits per heavy atom. The lowest BCUT2D eigenvalue weighted by Crippen LogP contribution is -2.12. The Balaban J connectivity index is 2.19. The highest BCUT2D eigenvalue weighted by Gasteiger charge is 2.09. The number of hydrogen-bond acceptors (Lipinski definition) is 2. The number of benzene rings is 2. The van der Waals surface area contributed by atoms with Gasteiger partial charge in [0, 0.05) is 27.8 Å². The maximum Gasteiger partial charge on any atom is 0.250 e. The molecule has 1 amide bonds. The summed E-state index contributed by atoms with van der Waals surface area (Å²) in [5.41, 5.74) is 7.00. The number of hydrogen-bond donors (Lipinski definition) is 2. The summed E-state index contributed by atoms with van der Waals surface area (Å²) < 4.78 is 0. The molecule has 0 aliphatic heterocycles. The number of rotatable bonds is 4. The van der Waals surface area contributed by atoms with Crippen molar-refractivity contribution in [1.29, 1.82) is 0 Å². The Labute approximate surface area is 131 Å². The second-order valence-corrected chi connectivity index (χ2v) is 5.33. The topological polar surface area (TPSA) is 55.1 Å². The third-order valence-electron chi connectivity index (χ3n) is 2.76. The molecule has 2 rings (SSSR count). The Hall–Kier alpha value is -1.42. The second-order valence-electron chi connectivity index (χ2n) is 4.11. The minimum Gasteiger partial charge on any atom is -0.381 e. The van der Waals surface area contributed by atoms with Gasteiger partial charge >= 0.3 is 0 Å². The average molecular weight is 330 g/mol. The zero-order valence-corrected chi connectivity index (χ0v) is 12.6. The van der Waals surface area contributed by atoms with Gasteiger partial charge in [0.1, 0.15) is 0 Å². The molecule has 0 heterocycles. The number of amides is 1. The van der Waals surface area contributed by atoms with E-state index in [-0.39, 0.29) is 5.56 Å². The number of anilines is 1. The largest absolute Gasteiger partial charge is 0.381 e. The lowest BCUT2D eigenvalue weighted by Gasteiger charge is -2.11. The highest BCUT2D eigenvalue weighted by Crippen LogP contribution is 2.26. The van der Waals surface area contributed by atoms with E-state index >= 15 is 0 Å². The number of nitrogens with two attached hydrogens (primary N) is 1. The molecule has 0 saturated heterocycles. The molecule has 0 aromatic heterocycles. The van der Waals surface area contributed by atoms with Crippen molar-refractivity contribution in [3.05, 3.63) is 62.6 Å². The van der Waals surface area contributed by atoms with Gasteiger partial charge in [0.2, 0.25) is 5.91 Å². The summed E-state index contributed by atoms with van der Waals surface area (Å²) >= 11 is 18.1. The van der Waals surface area contributed by atoms with Gasteiger partial charge in [-0.25, -0.2) is 0 Å². The number of carbonyl (C=O) groups is 1. The Bertz CT molecular complexity index is 639. The predicted molar refractivity (Wildman–Crippen MR) is 83.8 cm³/mol. The summed E-state index contributed by atoms with van der Waals surface area (Å²) in [5.74, 6) is -0.575. The maximum atomic E-state index is 11.2. The third kappa shape index (κ3) is 3.37. The van der Waals surface area contributed by atoms with Crippen LogP contribution in [0.2, 0.25) is 15.1 Å². The number of carbonyl (C=O) groups excluding carboxylic acids is 1. The molecular formula is C14H11Cl3N2O. The van der Waals surface area contributed by atoms with Gasteiger partial charge in [-0.2, -0.15) is 0 Å². The SMILES string of the molecule is NC(=O)c1cc(NCc2c(Cl)cccc2Cl)ccc1Cl. The molecule has 0 aliphatic carbocycles. The monoisotopic (exact) mass is 328 g/mol. The summed E-state index contributed by atoms with van der Waals surface area (Å²) in [7, 11) is 0. The van der Waals surface area contributed by atoms with Crippen LogP contribution >= 0.6 is 34.8 Å². The van der Waals surface area contributed by atoms with Crippen LogP contribution in [0.15, 0.2) is 36.4 Å². The van der Waals surface area contributed by atoms with Crippen LogP contribution in [0, 0.1) is 0 Å². The summed E-state index contributed by atoms with van der Waals surface area (Å²) in [6, 6.07) is 10.3. The van der Waals surface area contributed by atoms with Gasteiger partial charge in [0.05, 0.1) is 10.6 Å². The lowest BCUT2D eigenvalue weighted by molar-refractivity contribution is 0.100. The minimum atomic E-state index is -0.575. The van der Waals surface area contributed by atoms with E-state index < -0.39 is 5.91 Å². The third-order valence-corrected chi connectivity index (χ3v) is 3.80. The molecule has 3 N–H and O–H groups in total. The van der Waals surface area contributed by atoms with Crippen LogP contribution in [-0.2, 0) is 6.54 Å². The van der Waals surface area contributed by atoms with Crippen molar-refractivity contribution in [1.82, 2.24) is 0 Å². The van der Waals surface area contributed by atoms with E-state index in [1.807, 2.05) is 0 Å². The summed E-state index contributed by atoms with van der Waals surface area (Å²) in [6.07, 6.45) is 0. The van der Waals surface area contributed by atoms with Gasteiger partial charge in [0.25, 0.3) is 0 Å². The quantitative estimate of drug-likeness (QED) is 0.875. The van der Waals surface area contributed by atoms with E-state index in [1.54, 1.807) is 36.4 Å². The Kier molecular flexibility index (Phi) is 4.76. The van der Waals surface area contributed by atoms with Crippen molar-refractivity contribution in [2.75, 3.05) is 5.32 Å². The molecule has 20 heavy (non-hydrogen) atoms. The minimum absolute atomic E-state index is 0.266. The second kappa shape index (κ2) is 6.35. The van der Waals surface area contributed by atoms with Gasteiger partial charge < -0.3 is 11.1 Å². The molecule has 0 unspecified atom stereocenters. The van der Waals surface area contributed by atoms with Crippen molar-refractivity contribution < 1.29 is 4.79 Å². The van der Waals surface area contributed by atoms with Crippen LogP contribution in [0.25, 0.3) is 0 Å². The Morgan fingerprint density at radius 2 is 1.70 bits per heavy atom. The first-order valence-electron chi connectivity index (χ1n) is 5.75. The molecule has 0 bridgehead atoms. The van der Waals surface area contributed by atoms with Gasteiger partial charge in [0.15, 0.2) is 0 Å². The average Bonchev–Trinajstić information content (AvgIpc) is 2.39. The fraction of sp³-hybridized carbons (Fsp3) is 0.0714. The summed E-state index contributed by atoms with van der Waals surface area (Å²) in [6.45, 7) is 0.429. The van der Waals surface area contributed by atoms with Gasteiger partial charge in [-0.3, -0.25) is 4.79 Å². The highest BCUT2D eigenvalue weighted by molar-refractivity contribution is 6.36. The predicted octanol–water partition coefficient (Wildman–Crippen LogP) is 4.36. The van der Waals surface area contributed by atoms with E-state index in [4.69, 9.17) is 40.5 Å². The number of nitrogens with one attached hydrogen (secondary N) is 1. The van der Waals surface area contributed by atoms with Crippen LogP contribution in [0.3, 0.4) is 0 Å². The molecule has 6 heteroatoms. The van der Waals surface area contributed by atoms with Gasteiger partial charge in [-0.15, -0.1) is 0 Å². The van der Waals surface area contributed by atoms with Crippen LogP contribution < -0.4 is 11.1 Å².